The van der Waals surface area contributed by atoms with Crippen molar-refractivity contribution in [3.8, 4) is 0 Å². The number of ether oxygens (including phenoxy) is 1. The second kappa shape index (κ2) is 6.91. The third-order valence-corrected chi connectivity index (χ3v) is 5.24. The Kier molecular flexibility index (Phi) is 5.54. The number of morpholine rings is 1. The number of nitrogens with zero attached hydrogens (tertiary/aromatic N) is 2. The Morgan fingerprint density at radius 1 is 1.17 bits per heavy atom. The molecule has 132 valence electrons. The van der Waals surface area contributed by atoms with E-state index in [1.807, 2.05) is 7.05 Å². The summed E-state index contributed by atoms with van der Waals surface area (Å²) in [5.41, 5.74) is -0.598. The molecule has 0 saturated carbocycles. The largest absolute Gasteiger partial charge is 0.481 e. The standard InChI is InChI=1S/C16H32BN3O3/c1-13(17-22-15(2,3)16(4,5)23-17)19(7)12-14(18-6)20-8-10-21-11-9-20/h12-13,18H,8-11H2,1-7H3/b14-12+. The molecule has 23 heavy (non-hydrogen) atoms. The molecule has 0 aromatic rings. The van der Waals surface area contributed by atoms with Gasteiger partial charge in [0.25, 0.3) is 0 Å². The maximum atomic E-state index is 6.16. The summed E-state index contributed by atoms with van der Waals surface area (Å²) < 4.78 is 17.7. The number of hydrogen-bond donors (Lipinski definition) is 1. The summed E-state index contributed by atoms with van der Waals surface area (Å²) >= 11 is 0. The van der Waals surface area contributed by atoms with Crippen LogP contribution in [0, 0.1) is 0 Å². The monoisotopic (exact) mass is 325 g/mol. The van der Waals surface area contributed by atoms with Gasteiger partial charge in [-0.25, -0.2) is 0 Å². The van der Waals surface area contributed by atoms with Gasteiger partial charge in [-0.1, -0.05) is 0 Å². The summed E-state index contributed by atoms with van der Waals surface area (Å²) in [4.78, 5) is 4.46. The minimum Gasteiger partial charge on any atom is -0.402 e. The molecule has 2 aliphatic rings. The first kappa shape index (κ1) is 18.4. The minimum absolute atomic E-state index is 0.112. The fourth-order valence-electron chi connectivity index (χ4n) is 2.70. The van der Waals surface area contributed by atoms with Crippen molar-refractivity contribution in [2.75, 3.05) is 40.4 Å². The van der Waals surface area contributed by atoms with Crippen LogP contribution in [0.15, 0.2) is 12.0 Å². The molecule has 2 fully saturated rings. The van der Waals surface area contributed by atoms with Gasteiger partial charge in [-0.05, 0) is 34.6 Å². The zero-order valence-electron chi connectivity index (χ0n) is 15.7. The first-order chi connectivity index (χ1) is 10.7. The van der Waals surface area contributed by atoms with E-state index in [1.165, 1.54) is 0 Å². The minimum atomic E-state index is -0.299. The predicted molar refractivity (Wildman–Crippen MR) is 92.8 cm³/mol. The van der Waals surface area contributed by atoms with Crippen molar-refractivity contribution >= 4 is 7.12 Å². The highest BCUT2D eigenvalue weighted by Crippen LogP contribution is 2.38. The normalized spacial score (nSPS) is 25.4. The molecule has 7 heteroatoms. The number of hydrogen-bond acceptors (Lipinski definition) is 6. The third-order valence-electron chi connectivity index (χ3n) is 5.24. The maximum Gasteiger partial charge on any atom is 0.481 e. The van der Waals surface area contributed by atoms with Crippen molar-refractivity contribution in [1.82, 2.24) is 15.1 Å². The van der Waals surface area contributed by atoms with Crippen LogP contribution < -0.4 is 5.32 Å². The van der Waals surface area contributed by atoms with Crippen molar-refractivity contribution in [2.24, 2.45) is 0 Å². The van der Waals surface area contributed by atoms with Gasteiger partial charge in [0, 0.05) is 33.4 Å². The number of rotatable bonds is 5. The lowest BCUT2D eigenvalue weighted by Gasteiger charge is -2.33. The molecule has 2 rings (SSSR count). The Morgan fingerprint density at radius 3 is 2.17 bits per heavy atom. The topological polar surface area (TPSA) is 46.2 Å². The number of nitrogens with one attached hydrogen (secondary N) is 1. The van der Waals surface area contributed by atoms with Gasteiger partial charge in [0.15, 0.2) is 0 Å². The molecule has 0 aromatic carbocycles. The van der Waals surface area contributed by atoms with Crippen LogP contribution >= 0.6 is 0 Å². The van der Waals surface area contributed by atoms with Crippen LogP contribution in [-0.4, -0.2) is 74.5 Å². The van der Waals surface area contributed by atoms with Crippen LogP contribution in [0.4, 0.5) is 0 Å². The molecule has 0 bridgehead atoms. The van der Waals surface area contributed by atoms with Gasteiger partial charge in [0.2, 0.25) is 0 Å². The van der Waals surface area contributed by atoms with Crippen molar-refractivity contribution < 1.29 is 14.0 Å². The maximum absolute atomic E-state index is 6.16. The van der Waals surface area contributed by atoms with Gasteiger partial charge >= 0.3 is 7.12 Å². The summed E-state index contributed by atoms with van der Waals surface area (Å²) in [6.07, 6.45) is 2.13. The van der Waals surface area contributed by atoms with Crippen LogP contribution in [0.1, 0.15) is 34.6 Å². The molecule has 1 N–H and O–H groups in total. The molecule has 1 atom stereocenters. The van der Waals surface area contributed by atoms with Crippen LogP contribution in [0.3, 0.4) is 0 Å². The molecular formula is C16H32BN3O3. The lowest BCUT2D eigenvalue weighted by Crippen LogP contribution is -2.44. The van der Waals surface area contributed by atoms with E-state index in [4.69, 9.17) is 14.0 Å². The predicted octanol–water partition coefficient (Wildman–Crippen LogP) is 1.29. The van der Waals surface area contributed by atoms with E-state index in [2.05, 4.69) is 63.0 Å². The molecule has 2 saturated heterocycles. The van der Waals surface area contributed by atoms with E-state index in [0.29, 0.717) is 0 Å². The van der Waals surface area contributed by atoms with Crippen molar-refractivity contribution in [1.29, 1.82) is 0 Å². The van der Waals surface area contributed by atoms with E-state index in [9.17, 15) is 0 Å². The SMILES string of the molecule is CN/C(=C\N(C)C(C)B1OC(C)(C)C(C)(C)O1)N1CCOCC1. The molecule has 2 aliphatic heterocycles. The fraction of sp³-hybridized carbons (Fsp3) is 0.875. The highest BCUT2D eigenvalue weighted by atomic mass is 16.7. The Balaban J connectivity index is 2.04. The average molecular weight is 325 g/mol. The molecule has 0 spiro atoms. The molecule has 6 nitrogen and oxygen atoms in total. The average Bonchev–Trinajstić information content (AvgIpc) is 2.73. The van der Waals surface area contributed by atoms with Crippen molar-refractivity contribution in [2.45, 2.75) is 51.8 Å². The van der Waals surface area contributed by atoms with Gasteiger partial charge in [-0.15, -0.1) is 0 Å². The van der Waals surface area contributed by atoms with Crippen LogP contribution in [-0.2, 0) is 14.0 Å². The summed E-state index contributed by atoms with van der Waals surface area (Å²) in [7, 11) is 3.77. The lowest BCUT2D eigenvalue weighted by atomic mass is 9.79. The van der Waals surface area contributed by atoms with Gasteiger partial charge in [0.05, 0.1) is 30.4 Å². The zero-order chi connectivity index (χ0) is 17.3. The van der Waals surface area contributed by atoms with Gasteiger partial charge in [0.1, 0.15) is 5.82 Å². The quantitative estimate of drug-likeness (QED) is 0.769. The molecule has 0 aromatic heterocycles. The van der Waals surface area contributed by atoms with Crippen molar-refractivity contribution in [3.63, 3.8) is 0 Å². The summed E-state index contributed by atoms with van der Waals surface area (Å²) in [6.45, 7) is 13.8. The van der Waals surface area contributed by atoms with E-state index >= 15 is 0 Å². The van der Waals surface area contributed by atoms with Crippen LogP contribution in [0.25, 0.3) is 0 Å². The second-order valence-corrected chi connectivity index (χ2v) is 7.39. The van der Waals surface area contributed by atoms with Gasteiger partial charge in [-0.2, -0.15) is 0 Å². The summed E-state index contributed by atoms with van der Waals surface area (Å²) in [5.74, 6) is 1.21. The zero-order valence-corrected chi connectivity index (χ0v) is 15.7. The molecule has 0 amide bonds. The third kappa shape index (κ3) is 3.95. The Morgan fingerprint density at radius 2 is 1.70 bits per heavy atom. The Hall–Kier alpha value is -0.915. The molecular weight excluding hydrogens is 293 g/mol. The van der Waals surface area contributed by atoms with E-state index < -0.39 is 0 Å². The molecule has 2 heterocycles. The highest BCUT2D eigenvalue weighted by Gasteiger charge is 2.53. The summed E-state index contributed by atoms with van der Waals surface area (Å²) in [5, 5.41) is 3.29. The Labute approximate surface area is 141 Å². The van der Waals surface area contributed by atoms with Crippen LogP contribution in [0.2, 0.25) is 0 Å². The second-order valence-electron chi connectivity index (χ2n) is 7.39. The molecule has 0 aliphatic carbocycles. The lowest BCUT2D eigenvalue weighted by molar-refractivity contribution is 0.00578. The van der Waals surface area contributed by atoms with Gasteiger partial charge < -0.3 is 29.2 Å². The molecule has 0 radical (unpaired) electrons. The van der Waals surface area contributed by atoms with Gasteiger partial charge in [-0.3, -0.25) is 0 Å². The van der Waals surface area contributed by atoms with E-state index in [0.717, 1.165) is 32.1 Å². The molecule has 1 unspecified atom stereocenters. The Bertz CT molecular complexity index is 420. The fourth-order valence-corrected chi connectivity index (χ4v) is 2.70. The smallest absolute Gasteiger partial charge is 0.402 e. The van der Waals surface area contributed by atoms with Crippen LogP contribution in [0.5, 0.6) is 0 Å². The highest BCUT2D eigenvalue weighted by molar-refractivity contribution is 6.47. The first-order valence-corrected chi connectivity index (χ1v) is 8.48. The van der Waals surface area contributed by atoms with E-state index in [1.54, 1.807) is 0 Å². The first-order valence-electron chi connectivity index (χ1n) is 8.48. The van der Waals surface area contributed by atoms with E-state index in [-0.39, 0.29) is 24.3 Å². The summed E-state index contributed by atoms with van der Waals surface area (Å²) in [6, 6.07) is 0. The van der Waals surface area contributed by atoms with Crippen molar-refractivity contribution in [3.05, 3.63) is 12.0 Å².